The van der Waals surface area contributed by atoms with Crippen molar-refractivity contribution >= 4 is 48.5 Å². The standard InChI is InChI=1S/C17H11BrClN3O3S/c18-9-12-10-20-17(25-12)16-14-7-6-11(19)8-15(14)22(21-16)26(23,24)13-4-2-1-3-5-13/h1-8,10H,9H2. The molecule has 2 aromatic carbocycles. The number of halogens is 2. The van der Waals surface area contributed by atoms with Crippen LogP contribution in [0.5, 0.6) is 0 Å². The number of alkyl halides is 1. The summed E-state index contributed by atoms with van der Waals surface area (Å²) in [6.45, 7) is 0. The number of rotatable bonds is 4. The lowest BCUT2D eigenvalue weighted by Crippen LogP contribution is -2.14. The maximum Gasteiger partial charge on any atom is 0.283 e. The molecule has 0 spiro atoms. The second kappa shape index (κ2) is 6.53. The van der Waals surface area contributed by atoms with Crippen LogP contribution in [0.3, 0.4) is 0 Å². The highest BCUT2D eigenvalue weighted by Gasteiger charge is 2.25. The van der Waals surface area contributed by atoms with Gasteiger partial charge < -0.3 is 4.42 Å². The number of benzene rings is 2. The van der Waals surface area contributed by atoms with E-state index in [2.05, 4.69) is 26.0 Å². The third-order valence-corrected chi connectivity index (χ3v) is 6.16. The number of aromatic nitrogens is 3. The molecular weight excluding hydrogens is 442 g/mol. The van der Waals surface area contributed by atoms with E-state index in [-0.39, 0.29) is 10.8 Å². The van der Waals surface area contributed by atoms with Gasteiger partial charge in [-0.25, -0.2) is 4.98 Å². The molecule has 0 radical (unpaired) electrons. The summed E-state index contributed by atoms with van der Waals surface area (Å²) in [6.07, 6.45) is 1.57. The highest BCUT2D eigenvalue weighted by atomic mass is 79.9. The molecule has 0 atom stereocenters. The molecule has 0 aliphatic heterocycles. The third-order valence-electron chi connectivity index (χ3n) is 3.77. The topological polar surface area (TPSA) is 78.0 Å². The lowest BCUT2D eigenvalue weighted by Gasteiger charge is -2.05. The number of nitrogens with zero attached hydrogens (tertiary/aromatic N) is 3. The molecule has 0 aliphatic carbocycles. The molecule has 0 saturated heterocycles. The normalized spacial score (nSPS) is 11.9. The Morgan fingerprint density at radius 3 is 2.62 bits per heavy atom. The molecule has 0 aliphatic rings. The Bertz CT molecular complexity index is 1200. The van der Waals surface area contributed by atoms with Crippen molar-refractivity contribution in [1.82, 2.24) is 14.2 Å². The molecule has 6 nitrogen and oxygen atoms in total. The fourth-order valence-corrected chi connectivity index (χ4v) is 4.30. The van der Waals surface area contributed by atoms with Gasteiger partial charge in [0.15, 0.2) is 5.69 Å². The third kappa shape index (κ3) is 2.84. The van der Waals surface area contributed by atoms with Crippen molar-refractivity contribution in [3.8, 4) is 11.6 Å². The van der Waals surface area contributed by atoms with Crippen LogP contribution in [0.25, 0.3) is 22.5 Å². The van der Waals surface area contributed by atoms with E-state index in [9.17, 15) is 8.42 Å². The Hall–Kier alpha value is -2.16. The zero-order valence-electron chi connectivity index (χ0n) is 13.1. The van der Waals surface area contributed by atoms with E-state index in [4.69, 9.17) is 16.0 Å². The van der Waals surface area contributed by atoms with Gasteiger partial charge in [0.05, 0.1) is 21.9 Å². The molecule has 0 amide bonds. The molecule has 0 unspecified atom stereocenters. The number of oxazole rings is 1. The van der Waals surface area contributed by atoms with E-state index in [1.54, 1.807) is 42.6 Å². The lowest BCUT2D eigenvalue weighted by atomic mass is 10.2. The van der Waals surface area contributed by atoms with Crippen LogP contribution in [0, 0.1) is 0 Å². The molecule has 2 heterocycles. The molecular formula is C17H11BrClN3O3S. The Morgan fingerprint density at radius 2 is 1.92 bits per heavy atom. The summed E-state index contributed by atoms with van der Waals surface area (Å²) in [6, 6.07) is 13.0. The Balaban J connectivity index is 2.00. The van der Waals surface area contributed by atoms with Crippen molar-refractivity contribution in [1.29, 1.82) is 0 Å². The predicted octanol–water partition coefficient (Wildman–Crippen LogP) is 4.48. The number of hydrogen-bond acceptors (Lipinski definition) is 5. The van der Waals surface area contributed by atoms with Crippen molar-refractivity contribution in [2.24, 2.45) is 0 Å². The maximum atomic E-state index is 13.1. The summed E-state index contributed by atoms with van der Waals surface area (Å²) in [7, 11) is -3.90. The zero-order valence-corrected chi connectivity index (χ0v) is 16.3. The minimum Gasteiger partial charge on any atom is -0.439 e. The van der Waals surface area contributed by atoms with Crippen molar-refractivity contribution < 1.29 is 12.8 Å². The summed E-state index contributed by atoms with van der Waals surface area (Å²) in [4.78, 5) is 4.33. The Labute approximate surface area is 162 Å². The van der Waals surface area contributed by atoms with Crippen molar-refractivity contribution in [2.45, 2.75) is 10.2 Å². The first kappa shape index (κ1) is 17.3. The summed E-state index contributed by atoms with van der Waals surface area (Å²) >= 11 is 9.38. The highest BCUT2D eigenvalue weighted by Crippen LogP contribution is 2.32. The van der Waals surface area contributed by atoms with Crippen LogP contribution in [-0.4, -0.2) is 22.6 Å². The first-order valence-corrected chi connectivity index (χ1v) is 10.4. The molecule has 132 valence electrons. The van der Waals surface area contributed by atoms with Crippen LogP contribution in [0.4, 0.5) is 0 Å². The second-order valence-electron chi connectivity index (χ2n) is 5.44. The molecule has 9 heteroatoms. The van der Waals surface area contributed by atoms with Crippen LogP contribution in [0.15, 0.2) is 64.0 Å². The van der Waals surface area contributed by atoms with Crippen LogP contribution in [0.2, 0.25) is 5.02 Å². The molecule has 4 rings (SSSR count). The molecule has 26 heavy (non-hydrogen) atoms. The minimum absolute atomic E-state index is 0.129. The van der Waals surface area contributed by atoms with Gasteiger partial charge in [-0.3, -0.25) is 0 Å². The Morgan fingerprint density at radius 1 is 1.15 bits per heavy atom. The zero-order chi connectivity index (χ0) is 18.3. The molecule has 4 aromatic rings. The van der Waals surface area contributed by atoms with Gasteiger partial charge in [0.25, 0.3) is 10.0 Å². The first-order valence-electron chi connectivity index (χ1n) is 7.50. The molecule has 0 saturated carbocycles. The van der Waals surface area contributed by atoms with E-state index < -0.39 is 10.0 Å². The molecule has 0 fully saturated rings. The van der Waals surface area contributed by atoms with Gasteiger partial charge in [-0.15, -0.1) is 0 Å². The van der Waals surface area contributed by atoms with E-state index in [0.29, 0.717) is 32.7 Å². The highest BCUT2D eigenvalue weighted by molar-refractivity contribution is 9.08. The van der Waals surface area contributed by atoms with Crippen LogP contribution >= 0.6 is 27.5 Å². The first-order chi connectivity index (χ1) is 12.5. The minimum atomic E-state index is -3.90. The molecule has 2 aromatic heterocycles. The summed E-state index contributed by atoms with van der Waals surface area (Å²) in [5.41, 5.74) is 0.693. The number of hydrogen-bond donors (Lipinski definition) is 0. The summed E-state index contributed by atoms with van der Waals surface area (Å²) < 4.78 is 32.7. The van der Waals surface area contributed by atoms with Gasteiger partial charge in [0.2, 0.25) is 5.89 Å². The van der Waals surface area contributed by atoms with Crippen LogP contribution < -0.4 is 0 Å². The van der Waals surface area contributed by atoms with E-state index in [1.807, 2.05) is 0 Å². The van der Waals surface area contributed by atoms with Crippen molar-refractivity contribution in [3.63, 3.8) is 0 Å². The van der Waals surface area contributed by atoms with Gasteiger partial charge in [-0.2, -0.15) is 17.6 Å². The van der Waals surface area contributed by atoms with Gasteiger partial charge in [-0.1, -0.05) is 45.7 Å². The van der Waals surface area contributed by atoms with Gasteiger partial charge in [0.1, 0.15) is 5.76 Å². The van der Waals surface area contributed by atoms with Crippen molar-refractivity contribution in [3.05, 3.63) is 65.5 Å². The SMILES string of the molecule is O=S(=O)(c1ccccc1)n1nc(-c2ncc(CBr)o2)c2ccc(Cl)cc21. The predicted molar refractivity (Wildman–Crippen MR) is 102 cm³/mol. The van der Waals surface area contributed by atoms with Crippen LogP contribution in [-0.2, 0) is 15.4 Å². The second-order valence-corrected chi connectivity index (χ2v) is 8.20. The Kier molecular flexibility index (Phi) is 4.34. The maximum absolute atomic E-state index is 13.1. The molecule has 0 bridgehead atoms. The summed E-state index contributed by atoms with van der Waals surface area (Å²) in [5.74, 6) is 0.858. The van der Waals surface area contributed by atoms with E-state index in [1.165, 1.54) is 12.1 Å². The average molecular weight is 453 g/mol. The fraction of sp³-hybridized carbons (Fsp3) is 0.0588. The smallest absolute Gasteiger partial charge is 0.283 e. The largest absolute Gasteiger partial charge is 0.439 e. The lowest BCUT2D eigenvalue weighted by molar-refractivity contribution is 0.537. The summed E-state index contributed by atoms with van der Waals surface area (Å²) in [5, 5.41) is 5.77. The van der Waals surface area contributed by atoms with Crippen LogP contribution in [0.1, 0.15) is 5.76 Å². The molecule has 0 N–H and O–H groups in total. The monoisotopic (exact) mass is 451 g/mol. The van der Waals surface area contributed by atoms with Gasteiger partial charge in [-0.05, 0) is 30.3 Å². The fourth-order valence-electron chi connectivity index (χ4n) is 2.57. The van der Waals surface area contributed by atoms with E-state index in [0.717, 1.165) is 4.09 Å². The quantitative estimate of drug-likeness (QED) is 0.427. The van der Waals surface area contributed by atoms with E-state index >= 15 is 0 Å². The van der Waals surface area contributed by atoms with Crippen molar-refractivity contribution in [2.75, 3.05) is 0 Å². The number of fused-ring (bicyclic) bond motifs is 1. The van der Waals surface area contributed by atoms with Gasteiger partial charge >= 0.3 is 0 Å². The average Bonchev–Trinajstić information content (AvgIpc) is 3.26. The van der Waals surface area contributed by atoms with Gasteiger partial charge in [0, 0.05) is 10.4 Å².